The average molecular weight is 308 g/mol. The number of halogens is 1. The standard InChI is InChI=1S/C16H21FN2O3/c1-12(20)19(14-5-2-4-13(17)10-14)8-7-16(21)18-11-15-6-3-9-22-15/h2,4-5,10,15H,3,6-9,11H2,1H3,(H,18,21). The number of hydrogen-bond donors (Lipinski definition) is 1. The number of ether oxygens (including phenoxy) is 1. The molecular weight excluding hydrogens is 287 g/mol. The van der Waals surface area contributed by atoms with Crippen molar-refractivity contribution in [3.8, 4) is 0 Å². The summed E-state index contributed by atoms with van der Waals surface area (Å²) in [5, 5.41) is 2.81. The lowest BCUT2D eigenvalue weighted by Crippen LogP contribution is -2.36. The third-order valence-corrected chi connectivity index (χ3v) is 3.61. The minimum atomic E-state index is -0.411. The van der Waals surface area contributed by atoms with Crippen molar-refractivity contribution in [1.29, 1.82) is 0 Å². The van der Waals surface area contributed by atoms with Gasteiger partial charge in [0.2, 0.25) is 11.8 Å². The molecule has 0 bridgehead atoms. The van der Waals surface area contributed by atoms with Crippen LogP contribution < -0.4 is 10.2 Å². The predicted molar refractivity (Wildman–Crippen MR) is 81.0 cm³/mol. The van der Waals surface area contributed by atoms with Crippen LogP contribution in [0.15, 0.2) is 24.3 Å². The molecule has 5 nitrogen and oxygen atoms in total. The summed E-state index contributed by atoms with van der Waals surface area (Å²) in [5.74, 6) is -0.776. The Balaban J connectivity index is 1.83. The zero-order chi connectivity index (χ0) is 15.9. The second-order valence-corrected chi connectivity index (χ2v) is 5.34. The zero-order valence-corrected chi connectivity index (χ0v) is 12.7. The number of rotatable bonds is 6. The monoisotopic (exact) mass is 308 g/mol. The van der Waals surface area contributed by atoms with Gasteiger partial charge in [0, 0.05) is 38.7 Å². The maximum absolute atomic E-state index is 13.3. The number of carbonyl (C=O) groups excluding carboxylic acids is 2. The molecule has 22 heavy (non-hydrogen) atoms. The van der Waals surface area contributed by atoms with Gasteiger partial charge in [-0.2, -0.15) is 0 Å². The van der Waals surface area contributed by atoms with Gasteiger partial charge in [-0.3, -0.25) is 9.59 Å². The lowest BCUT2D eigenvalue weighted by molar-refractivity contribution is -0.121. The molecule has 0 aliphatic carbocycles. The summed E-state index contributed by atoms with van der Waals surface area (Å²) in [6, 6.07) is 5.79. The van der Waals surface area contributed by atoms with Crippen molar-refractivity contribution in [3.63, 3.8) is 0 Å². The molecule has 120 valence electrons. The van der Waals surface area contributed by atoms with Crippen molar-refractivity contribution in [1.82, 2.24) is 5.32 Å². The summed E-state index contributed by atoms with van der Waals surface area (Å²) in [6.07, 6.45) is 2.25. The number of nitrogens with one attached hydrogen (secondary N) is 1. The fourth-order valence-electron chi connectivity index (χ4n) is 2.45. The SMILES string of the molecule is CC(=O)N(CCC(=O)NCC1CCCO1)c1cccc(F)c1. The van der Waals surface area contributed by atoms with Crippen LogP contribution in [0.5, 0.6) is 0 Å². The van der Waals surface area contributed by atoms with Crippen molar-refractivity contribution >= 4 is 17.5 Å². The maximum Gasteiger partial charge on any atom is 0.223 e. The van der Waals surface area contributed by atoms with Crippen LogP contribution >= 0.6 is 0 Å². The fourth-order valence-corrected chi connectivity index (χ4v) is 2.45. The first-order valence-electron chi connectivity index (χ1n) is 7.48. The number of benzene rings is 1. The quantitative estimate of drug-likeness (QED) is 0.873. The molecule has 1 aromatic carbocycles. The molecule has 1 heterocycles. The van der Waals surface area contributed by atoms with E-state index in [-0.39, 0.29) is 30.9 Å². The van der Waals surface area contributed by atoms with Crippen LogP contribution in [0.1, 0.15) is 26.2 Å². The molecule has 1 saturated heterocycles. The molecule has 2 rings (SSSR count). The summed E-state index contributed by atoms with van der Waals surface area (Å²) < 4.78 is 18.7. The molecular formula is C16H21FN2O3. The molecule has 1 unspecified atom stereocenters. The Morgan fingerprint density at radius 3 is 2.91 bits per heavy atom. The molecule has 0 saturated carbocycles. The highest BCUT2D eigenvalue weighted by molar-refractivity contribution is 5.92. The number of amides is 2. The smallest absolute Gasteiger partial charge is 0.223 e. The summed E-state index contributed by atoms with van der Waals surface area (Å²) >= 11 is 0. The lowest BCUT2D eigenvalue weighted by atomic mass is 10.2. The van der Waals surface area contributed by atoms with Crippen LogP contribution in [0.4, 0.5) is 10.1 Å². The van der Waals surface area contributed by atoms with Gasteiger partial charge in [0.05, 0.1) is 6.10 Å². The molecule has 1 N–H and O–H groups in total. The van der Waals surface area contributed by atoms with Gasteiger partial charge in [-0.1, -0.05) is 6.07 Å². The van der Waals surface area contributed by atoms with E-state index in [4.69, 9.17) is 4.74 Å². The lowest BCUT2D eigenvalue weighted by Gasteiger charge is -2.21. The van der Waals surface area contributed by atoms with E-state index in [1.54, 1.807) is 6.07 Å². The predicted octanol–water partition coefficient (Wildman–Crippen LogP) is 1.86. The molecule has 0 spiro atoms. The first kappa shape index (κ1) is 16.4. The molecule has 1 fully saturated rings. The third-order valence-electron chi connectivity index (χ3n) is 3.61. The van der Waals surface area contributed by atoms with Crippen LogP contribution in [0.25, 0.3) is 0 Å². The van der Waals surface area contributed by atoms with Crippen molar-refractivity contribution in [2.24, 2.45) is 0 Å². The second kappa shape index (κ2) is 7.89. The Labute approximate surface area is 129 Å². The van der Waals surface area contributed by atoms with Crippen LogP contribution in [-0.4, -0.2) is 37.6 Å². The maximum atomic E-state index is 13.3. The van der Waals surface area contributed by atoms with E-state index in [9.17, 15) is 14.0 Å². The Morgan fingerprint density at radius 2 is 2.27 bits per heavy atom. The van der Waals surface area contributed by atoms with Gasteiger partial charge in [-0.05, 0) is 31.0 Å². The van der Waals surface area contributed by atoms with Gasteiger partial charge in [-0.25, -0.2) is 4.39 Å². The normalized spacial score (nSPS) is 17.3. The molecule has 1 aromatic rings. The first-order chi connectivity index (χ1) is 10.6. The van der Waals surface area contributed by atoms with Gasteiger partial charge in [-0.15, -0.1) is 0 Å². The van der Waals surface area contributed by atoms with Crippen LogP contribution in [-0.2, 0) is 14.3 Å². The largest absolute Gasteiger partial charge is 0.376 e. The Hall–Kier alpha value is -1.95. The summed E-state index contributed by atoms with van der Waals surface area (Å²) in [5.41, 5.74) is 0.458. The first-order valence-corrected chi connectivity index (χ1v) is 7.48. The highest BCUT2D eigenvalue weighted by Gasteiger charge is 2.17. The van der Waals surface area contributed by atoms with E-state index in [1.807, 2.05) is 0 Å². The number of carbonyl (C=O) groups is 2. The van der Waals surface area contributed by atoms with Gasteiger partial charge in [0.1, 0.15) is 5.82 Å². The molecule has 0 radical (unpaired) electrons. The Morgan fingerprint density at radius 1 is 1.45 bits per heavy atom. The number of anilines is 1. The van der Waals surface area contributed by atoms with Crippen molar-refractivity contribution in [2.45, 2.75) is 32.3 Å². The van der Waals surface area contributed by atoms with Crippen LogP contribution in [0, 0.1) is 5.82 Å². The van der Waals surface area contributed by atoms with Gasteiger partial charge >= 0.3 is 0 Å². The highest BCUT2D eigenvalue weighted by Crippen LogP contribution is 2.16. The van der Waals surface area contributed by atoms with E-state index in [0.717, 1.165) is 19.4 Å². The average Bonchev–Trinajstić information content (AvgIpc) is 2.98. The third kappa shape index (κ3) is 4.80. The van der Waals surface area contributed by atoms with E-state index >= 15 is 0 Å². The van der Waals surface area contributed by atoms with E-state index in [0.29, 0.717) is 12.2 Å². The fraction of sp³-hybridized carbons (Fsp3) is 0.500. The van der Waals surface area contributed by atoms with E-state index in [2.05, 4.69) is 5.32 Å². The highest BCUT2D eigenvalue weighted by atomic mass is 19.1. The molecule has 1 atom stereocenters. The minimum absolute atomic E-state index is 0.0936. The molecule has 1 aliphatic heterocycles. The van der Waals surface area contributed by atoms with Crippen molar-refractivity contribution < 1.29 is 18.7 Å². The number of hydrogen-bond acceptors (Lipinski definition) is 3. The van der Waals surface area contributed by atoms with Crippen LogP contribution in [0.2, 0.25) is 0 Å². The summed E-state index contributed by atoms with van der Waals surface area (Å²) in [6.45, 7) is 2.86. The zero-order valence-electron chi connectivity index (χ0n) is 12.7. The minimum Gasteiger partial charge on any atom is -0.376 e. The Kier molecular flexibility index (Phi) is 5.89. The van der Waals surface area contributed by atoms with Gasteiger partial charge in [0.15, 0.2) is 0 Å². The molecule has 0 aromatic heterocycles. The summed E-state index contributed by atoms with van der Waals surface area (Å²) in [4.78, 5) is 24.9. The molecule has 6 heteroatoms. The Bertz CT molecular complexity index is 530. The van der Waals surface area contributed by atoms with E-state index in [1.165, 1.54) is 30.0 Å². The van der Waals surface area contributed by atoms with Crippen LogP contribution in [0.3, 0.4) is 0 Å². The second-order valence-electron chi connectivity index (χ2n) is 5.34. The van der Waals surface area contributed by atoms with E-state index < -0.39 is 5.82 Å². The van der Waals surface area contributed by atoms with Crippen molar-refractivity contribution in [3.05, 3.63) is 30.1 Å². The number of nitrogens with zero attached hydrogens (tertiary/aromatic N) is 1. The topological polar surface area (TPSA) is 58.6 Å². The summed E-state index contributed by atoms with van der Waals surface area (Å²) in [7, 11) is 0. The van der Waals surface area contributed by atoms with Gasteiger partial charge in [0.25, 0.3) is 0 Å². The van der Waals surface area contributed by atoms with Crippen molar-refractivity contribution in [2.75, 3.05) is 24.6 Å². The molecule has 1 aliphatic rings. The molecule has 2 amide bonds. The van der Waals surface area contributed by atoms with Gasteiger partial charge < -0.3 is 15.0 Å².